The Hall–Kier alpha value is -3.12. The molecule has 2 heterocycles. The number of para-hydroxylation sites is 1. The molecular weight excluding hydrogens is 444 g/mol. The maximum Gasteiger partial charge on any atom is 0.254 e. The molecule has 1 atom stereocenters. The van der Waals surface area contributed by atoms with Gasteiger partial charge in [-0.05, 0) is 74.9 Å². The largest absolute Gasteiger partial charge is 0.491 e. The van der Waals surface area contributed by atoms with E-state index in [1.807, 2.05) is 81.1 Å². The Morgan fingerprint density at radius 1 is 1.09 bits per heavy atom. The van der Waals surface area contributed by atoms with E-state index in [9.17, 15) is 9.59 Å². The molecule has 0 aliphatic carbocycles. The molecule has 0 N–H and O–H groups in total. The highest BCUT2D eigenvalue weighted by Crippen LogP contribution is 2.34. The number of hydrogen-bond donors (Lipinski definition) is 0. The molecule has 0 bridgehead atoms. The predicted octanol–water partition coefficient (Wildman–Crippen LogP) is 5.42. The highest BCUT2D eigenvalue weighted by atomic mass is 32.1. The van der Waals surface area contributed by atoms with Crippen LogP contribution in [-0.2, 0) is 11.2 Å². The molecule has 0 spiro atoms. The Labute approximate surface area is 206 Å². The monoisotopic (exact) mass is 476 g/mol. The van der Waals surface area contributed by atoms with E-state index in [-0.39, 0.29) is 30.4 Å². The van der Waals surface area contributed by atoms with Gasteiger partial charge in [0, 0.05) is 23.0 Å². The van der Waals surface area contributed by atoms with E-state index < -0.39 is 0 Å². The van der Waals surface area contributed by atoms with Crippen LogP contribution in [0.15, 0.2) is 60.0 Å². The lowest BCUT2D eigenvalue weighted by atomic mass is 10.00. The lowest BCUT2D eigenvalue weighted by molar-refractivity contribution is -0.136. The van der Waals surface area contributed by atoms with Crippen LogP contribution in [0.5, 0.6) is 5.75 Å². The first-order valence-electron chi connectivity index (χ1n) is 11.8. The Morgan fingerprint density at radius 2 is 1.82 bits per heavy atom. The molecule has 0 fully saturated rings. The minimum Gasteiger partial charge on any atom is -0.491 e. The lowest BCUT2D eigenvalue weighted by Gasteiger charge is -2.37. The highest BCUT2D eigenvalue weighted by Gasteiger charge is 2.34. The van der Waals surface area contributed by atoms with E-state index in [1.165, 1.54) is 4.88 Å². The zero-order valence-electron chi connectivity index (χ0n) is 20.3. The summed E-state index contributed by atoms with van der Waals surface area (Å²) < 4.78 is 6.19. The molecule has 5 nitrogen and oxygen atoms in total. The van der Waals surface area contributed by atoms with E-state index >= 15 is 0 Å². The first-order valence-corrected chi connectivity index (χ1v) is 12.6. The van der Waals surface area contributed by atoms with Gasteiger partial charge >= 0.3 is 0 Å². The molecular formula is C28H32N2O3S. The van der Waals surface area contributed by atoms with Gasteiger partial charge in [0.05, 0.1) is 6.04 Å². The van der Waals surface area contributed by atoms with E-state index in [2.05, 4.69) is 11.4 Å². The molecule has 6 heteroatoms. The van der Waals surface area contributed by atoms with Crippen molar-refractivity contribution in [2.45, 2.75) is 46.2 Å². The Balaban J connectivity index is 1.54. The summed E-state index contributed by atoms with van der Waals surface area (Å²) in [5, 5.41) is 2.08. The second-order valence-corrected chi connectivity index (χ2v) is 10.1. The van der Waals surface area contributed by atoms with Crippen LogP contribution in [0, 0.1) is 13.8 Å². The number of amides is 2. The van der Waals surface area contributed by atoms with Crippen molar-refractivity contribution >= 4 is 23.2 Å². The molecule has 0 saturated heterocycles. The summed E-state index contributed by atoms with van der Waals surface area (Å²) in [6, 6.07) is 17.3. The number of rotatable bonds is 7. The van der Waals surface area contributed by atoms with Crippen LogP contribution in [0.25, 0.3) is 0 Å². The van der Waals surface area contributed by atoms with Crippen LogP contribution in [0.3, 0.4) is 0 Å². The van der Waals surface area contributed by atoms with Crippen molar-refractivity contribution in [2.75, 3.05) is 19.7 Å². The van der Waals surface area contributed by atoms with E-state index in [4.69, 9.17) is 4.74 Å². The first kappa shape index (κ1) is 24.0. The number of carbonyl (C=O) groups excluding carboxylic acids is 2. The summed E-state index contributed by atoms with van der Waals surface area (Å²) in [7, 11) is 0. The fourth-order valence-electron chi connectivity index (χ4n) is 4.35. The number of aryl methyl sites for hydroxylation is 2. The summed E-state index contributed by atoms with van der Waals surface area (Å²) in [5.74, 6) is 0.657. The second kappa shape index (κ2) is 10.4. The standard InChI is InChI=1S/C28H32N2O3S/c1-19(2)30(28(32)22-11-9-20(3)10-12-22)17-27(31)29-15-13-26-23(14-16-34-26)24(29)18-33-25-8-6-5-7-21(25)4/h5-12,14,16,19,24H,13,15,17-18H2,1-4H3. The molecule has 2 amide bonds. The fourth-order valence-corrected chi connectivity index (χ4v) is 5.28. The third kappa shape index (κ3) is 5.17. The van der Waals surface area contributed by atoms with Gasteiger partial charge in [-0.15, -0.1) is 11.3 Å². The molecule has 0 saturated carbocycles. The zero-order valence-corrected chi connectivity index (χ0v) is 21.1. The van der Waals surface area contributed by atoms with Crippen LogP contribution in [0.2, 0.25) is 0 Å². The minimum atomic E-state index is -0.175. The average molecular weight is 477 g/mol. The number of carbonyl (C=O) groups is 2. The van der Waals surface area contributed by atoms with Gasteiger partial charge in [0.1, 0.15) is 18.9 Å². The van der Waals surface area contributed by atoms with Crippen molar-refractivity contribution in [3.8, 4) is 5.75 Å². The molecule has 4 rings (SSSR count). The molecule has 1 unspecified atom stereocenters. The maximum absolute atomic E-state index is 13.6. The lowest BCUT2D eigenvalue weighted by Crippen LogP contribution is -2.49. The zero-order chi connectivity index (χ0) is 24.2. The van der Waals surface area contributed by atoms with Crippen molar-refractivity contribution in [1.29, 1.82) is 0 Å². The van der Waals surface area contributed by atoms with Gasteiger partial charge in [-0.1, -0.05) is 35.9 Å². The van der Waals surface area contributed by atoms with Crippen LogP contribution < -0.4 is 4.74 Å². The van der Waals surface area contributed by atoms with Crippen molar-refractivity contribution in [1.82, 2.24) is 9.80 Å². The third-order valence-electron chi connectivity index (χ3n) is 6.39. The normalized spacial score (nSPS) is 15.2. The predicted molar refractivity (Wildman–Crippen MR) is 137 cm³/mol. The van der Waals surface area contributed by atoms with Crippen molar-refractivity contribution in [3.05, 3.63) is 87.1 Å². The van der Waals surface area contributed by atoms with E-state index in [1.54, 1.807) is 16.2 Å². The molecule has 3 aromatic rings. The number of hydrogen-bond acceptors (Lipinski definition) is 4. The molecule has 34 heavy (non-hydrogen) atoms. The van der Waals surface area contributed by atoms with Gasteiger partial charge in [0.25, 0.3) is 5.91 Å². The second-order valence-electron chi connectivity index (χ2n) is 9.12. The van der Waals surface area contributed by atoms with Crippen molar-refractivity contribution < 1.29 is 14.3 Å². The first-order chi connectivity index (χ1) is 16.3. The molecule has 1 aliphatic rings. The Bertz CT molecular complexity index is 1150. The third-order valence-corrected chi connectivity index (χ3v) is 7.39. The summed E-state index contributed by atoms with van der Waals surface area (Å²) >= 11 is 1.73. The smallest absolute Gasteiger partial charge is 0.254 e. The van der Waals surface area contributed by atoms with E-state index in [0.29, 0.717) is 18.7 Å². The fraction of sp³-hybridized carbons (Fsp3) is 0.357. The van der Waals surface area contributed by atoms with Crippen molar-refractivity contribution in [2.24, 2.45) is 0 Å². The molecule has 2 aromatic carbocycles. The maximum atomic E-state index is 13.6. The minimum absolute atomic E-state index is 0.0463. The van der Waals surface area contributed by atoms with Gasteiger partial charge in [-0.3, -0.25) is 9.59 Å². The van der Waals surface area contributed by atoms with Crippen molar-refractivity contribution in [3.63, 3.8) is 0 Å². The van der Waals surface area contributed by atoms with E-state index in [0.717, 1.165) is 28.9 Å². The van der Waals surface area contributed by atoms with Gasteiger partial charge in [-0.2, -0.15) is 0 Å². The summed E-state index contributed by atoms with van der Waals surface area (Å²) in [4.78, 5) is 31.7. The number of ether oxygens (including phenoxy) is 1. The average Bonchev–Trinajstić information content (AvgIpc) is 3.31. The molecule has 0 radical (unpaired) electrons. The SMILES string of the molecule is Cc1ccc(C(=O)N(CC(=O)N2CCc3sccc3C2COc2ccccc2C)C(C)C)cc1. The number of nitrogens with zero attached hydrogens (tertiary/aromatic N) is 2. The summed E-state index contributed by atoms with van der Waals surface area (Å²) in [6.45, 7) is 8.96. The topological polar surface area (TPSA) is 49.9 Å². The highest BCUT2D eigenvalue weighted by molar-refractivity contribution is 7.10. The van der Waals surface area contributed by atoms with Crippen LogP contribution >= 0.6 is 11.3 Å². The van der Waals surface area contributed by atoms with Gasteiger partial charge < -0.3 is 14.5 Å². The Kier molecular flexibility index (Phi) is 7.37. The molecule has 178 valence electrons. The van der Waals surface area contributed by atoms with Gasteiger partial charge in [-0.25, -0.2) is 0 Å². The molecule has 1 aliphatic heterocycles. The summed E-state index contributed by atoms with van der Waals surface area (Å²) in [6.07, 6.45) is 0.827. The number of benzene rings is 2. The van der Waals surface area contributed by atoms with Crippen LogP contribution in [0.4, 0.5) is 0 Å². The quantitative estimate of drug-likeness (QED) is 0.457. The summed E-state index contributed by atoms with van der Waals surface area (Å²) in [5.41, 5.74) is 3.92. The van der Waals surface area contributed by atoms with Crippen LogP contribution in [0.1, 0.15) is 51.8 Å². The molecule has 1 aromatic heterocycles. The van der Waals surface area contributed by atoms with Gasteiger partial charge in [0.2, 0.25) is 5.91 Å². The van der Waals surface area contributed by atoms with Crippen LogP contribution in [-0.4, -0.2) is 47.4 Å². The Morgan fingerprint density at radius 3 is 2.53 bits per heavy atom. The number of fused-ring (bicyclic) bond motifs is 1. The van der Waals surface area contributed by atoms with Gasteiger partial charge in [0.15, 0.2) is 0 Å². The number of thiophene rings is 1.